The predicted molar refractivity (Wildman–Crippen MR) is 159 cm³/mol. The molecule has 10 heteroatoms. The minimum absolute atomic E-state index is 0.135. The molecule has 3 aromatic heterocycles. The fourth-order valence-electron chi connectivity index (χ4n) is 6.05. The number of likely N-dealkylation sites (tertiary alicyclic amines) is 1. The number of pyridine rings is 2. The SMILES string of the molecule is O=C(O)c1ccc2nc(CN3CCC(c4cccc(OCc5ccnc6cc(F)ccc56)n4)CC3)n(C[C@@H]3CCO3)c2c1. The van der Waals surface area contributed by atoms with Crippen molar-refractivity contribution in [3.05, 3.63) is 95.3 Å². The zero-order valence-corrected chi connectivity index (χ0v) is 23.7. The van der Waals surface area contributed by atoms with Gasteiger partial charge in [0.1, 0.15) is 18.2 Å². The Morgan fingerprint density at radius 3 is 2.67 bits per heavy atom. The normalized spacial score (nSPS) is 17.7. The number of fused-ring (bicyclic) bond motifs is 2. The summed E-state index contributed by atoms with van der Waals surface area (Å²) in [6.45, 7) is 4.26. The van der Waals surface area contributed by atoms with Gasteiger partial charge in [0, 0.05) is 47.5 Å². The van der Waals surface area contributed by atoms with E-state index >= 15 is 0 Å². The summed E-state index contributed by atoms with van der Waals surface area (Å²) in [5.41, 5.74) is 4.47. The smallest absolute Gasteiger partial charge is 0.335 e. The van der Waals surface area contributed by atoms with E-state index in [-0.39, 0.29) is 17.5 Å². The number of hydrogen-bond donors (Lipinski definition) is 1. The lowest BCUT2D eigenvalue weighted by molar-refractivity contribution is -0.0592. The summed E-state index contributed by atoms with van der Waals surface area (Å²) in [7, 11) is 0. The van der Waals surface area contributed by atoms with Crippen molar-refractivity contribution in [2.24, 2.45) is 0 Å². The van der Waals surface area contributed by atoms with Gasteiger partial charge in [-0.1, -0.05) is 6.07 Å². The molecule has 0 spiro atoms. The summed E-state index contributed by atoms with van der Waals surface area (Å²) in [4.78, 5) is 28.0. The van der Waals surface area contributed by atoms with Gasteiger partial charge in [-0.05, 0) is 74.8 Å². The van der Waals surface area contributed by atoms with E-state index in [0.717, 1.165) is 72.5 Å². The van der Waals surface area contributed by atoms with Crippen molar-refractivity contribution in [3.63, 3.8) is 0 Å². The van der Waals surface area contributed by atoms with E-state index in [1.54, 1.807) is 30.5 Å². The second-order valence-electron chi connectivity index (χ2n) is 11.3. The summed E-state index contributed by atoms with van der Waals surface area (Å²) < 4.78 is 27.5. The molecule has 220 valence electrons. The molecule has 0 aliphatic carbocycles. The zero-order chi connectivity index (χ0) is 29.3. The molecule has 2 aliphatic heterocycles. The molecule has 1 atom stereocenters. The first-order valence-corrected chi connectivity index (χ1v) is 14.7. The van der Waals surface area contributed by atoms with Gasteiger partial charge < -0.3 is 19.1 Å². The summed E-state index contributed by atoms with van der Waals surface area (Å²) in [6.07, 6.45) is 4.73. The maximum Gasteiger partial charge on any atom is 0.335 e. The molecule has 2 fully saturated rings. The van der Waals surface area contributed by atoms with Crippen molar-refractivity contribution < 1.29 is 23.8 Å². The molecular weight excluding hydrogens is 549 g/mol. The van der Waals surface area contributed by atoms with E-state index in [1.807, 2.05) is 18.2 Å². The van der Waals surface area contributed by atoms with Crippen LogP contribution in [0.25, 0.3) is 21.9 Å². The number of aromatic carboxylic acids is 1. The molecule has 7 rings (SSSR count). The number of carboxylic acid groups (broad SMARTS) is 1. The number of piperidine rings is 1. The first-order valence-electron chi connectivity index (χ1n) is 14.7. The summed E-state index contributed by atoms with van der Waals surface area (Å²) in [5.74, 6) is 0.578. The van der Waals surface area contributed by atoms with Crippen LogP contribution < -0.4 is 4.74 Å². The van der Waals surface area contributed by atoms with Crippen molar-refractivity contribution >= 4 is 27.9 Å². The number of carbonyl (C=O) groups is 1. The Morgan fingerprint density at radius 1 is 1.02 bits per heavy atom. The molecule has 0 bridgehead atoms. The lowest BCUT2D eigenvalue weighted by Gasteiger charge is -2.32. The first kappa shape index (κ1) is 27.4. The maximum absolute atomic E-state index is 13.6. The number of hydrogen-bond acceptors (Lipinski definition) is 7. The predicted octanol–water partition coefficient (Wildman–Crippen LogP) is 5.56. The van der Waals surface area contributed by atoms with Crippen LogP contribution in [0.4, 0.5) is 4.39 Å². The molecule has 1 N–H and O–H groups in total. The average molecular weight is 582 g/mol. The van der Waals surface area contributed by atoms with Gasteiger partial charge in [0.05, 0.1) is 41.3 Å². The quantitative estimate of drug-likeness (QED) is 0.241. The van der Waals surface area contributed by atoms with Crippen LogP contribution in [0.15, 0.2) is 66.9 Å². The Labute approximate surface area is 247 Å². The second-order valence-corrected chi connectivity index (χ2v) is 11.3. The van der Waals surface area contributed by atoms with Gasteiger partial charge in [0.25, 0.3) is 0 Å². The standard InChI is InChI=1S/C33H32FN5O4/c34-24-5-6-26-23(8-12-35-29(26)17-24)20-43-32-3-1-2-27(37-32)21-9-13-38(14-10-21)19-31-36-28-7-4-22(33(40)41)16-30(28)39(31)18-25-11-15-42-25/h1-8,12,16-17,21,25H,9-11,13-15,18-20H2,(H,40,41)/t25-/m0/s1. The van der Waals surface area contributed by atoms with Gasteiger partial charge >= 0.3 is 5.97 Å². The third-order valence-electron chi connectivity index (χ3n) is 8.54. The topological polar surface area (TPSA) is 103 Å². The van der Waals surface area contributed by atoms with Crippen LogP contribution in [-0.2, 0) is 24.4 Å². The third-order valence-corrected chi connectivity index (χ3v) is 8.54. The monoisotopic (exact) mass is 581 g/mol. The molecule has 0 amide bonds. The highest BCUT2D eigenvalue weighted by Crippen LogP contribution is 2.30. The number of rotatable bonds is 9. The Hall–Kier alpha value is -4.41. The van der Waals surface area contributed by atoms with Crippen LogP contribution in [-0.4, -0.2) is 61.3 Å². The maximum atomic E-state index is 13.6. The molecule has 5 aromatic rings. The highest BCUT2D eigenvalue weighted by Gasteiger charge is 2.26. The van der Waals surface area contributed by atoms with E-state index in [0.29, 0.717) is 37.0 Å². The third kappa shape index (κ3) is 5.80. The Morgan fingerprint density at radius 2 is 1.88 bits per heavy atom. The van der Waals surface area contributed by atoms with Crippen molar-refractivity contribution in [1.82, 2.24) is 24.4 Å². The molecule has 9 nitrogen and oxygen atoms in total. The molecule has 43 heavy (non-hydrogen) atoms. The van der Waals surface area contributed by atoms with Crippen LogP contribution in [0, 0.1) is 5.82 Å². The largest absolute Gasteiger partial charge is 0.478 e. The van der Waals surface area contributed by atoms with E-state index in [4.69, 9.17) is 19.4 Å². The van der Waals surface area contributed by atoms with Gasteiger partial charge in [-0.25, -0.2) is 19.2 Å². The lowest BCUT2D eigenvalue weighted by atomic mass is 9.93. The van der Waals surface area contributed by atoms with Crippen LogP contribution in [0.3, 0.4) is 0 Å². The van der Waals surface area contributed by atoms with Crippen molar-refractivity contribution in [3.8, 4) is 5.88 Å². The lowest BCUT2D eigenvalue weighted by Crippen LogP contribution is -2.35. The van der Waals surface area contributed by atoms with Gasteiger partial charge in [-0.15, -0.1) is 0 Å². The Kier molecular flexibility index (Phi) is 7.46. The second kappa shape index (κ2) is 11.7. The Bertz CT molecular complexity index is 1800. The first-order chi connectivity index (χ1) is 21.0. The van der Waals surface area contributed by atoms with Crippen LogP contribution in [0.2, 0.25) is 0 Å². The highest BCUT2D eigenvalue weighted by atomic mass is 19.1. The van der Waals surface area contributed by atoms with Crippen molar-refractivity contribution in [2.45, 2.75) is 51.0 Å². The molecule has 0 unspecified atom stereocenters. The molecule has 2 saturated heterocycles. The van der Waals surface area contributed by atoms with E-state index in [2.05, 4.69) is 20.5 Å². The molecule has 5 heterocycles. The van der Waals surface area contributed by atoms with E-state index < -0.39 is 5.97 Å². The number of aromatic nitrogens is 4. The molecule has 2 aromatic carbocycles. The highest BCUT2D eigenvalue weighted by molar-refractivity contribution is 5.92. The molecular formula is C33H32FN5O4. The number of imidazole rings is 1. The molecule has 0 saturated carbocycles. The van der Waals surface area contributed by atoms with Gasteiger partial charge in [-0.2, -0.15) is 0 Å². The summed E-state index contributed by atoms with van der Waals surface area (Å²) in [6, 6.07) is 17.5. The fraction of sp³-hybridized carbons (Fsp3) is 0.333. The van der Waals surface area contributed by atoms with Gasteiger partial charge in [0.2, 0.25) is 5.88 Å². The fourth-order valence-corrected chi connectivity index (χ4v) is 6.05. The van der Waals surface area contributed by atoms with Crippen LogP contribution >= 0.6 is 0 Å². The number of carboxylic acids is 1. The van der Waals surface area contributed by atoms with Gasteiger partial charge in [-0.3, -0.25) is 9.88 Å². The summed E-state index contributed by atoms with van der Waals surface area (Å²) >= 11 is 0. The van der Waals surface area contributed by atoms with E-state index in [1.165, 1.54) is 12.1 Å². The number of halogens is 1. The minimum Gasteiger partial charge on any atom is -0.478 e. The summed E-state index contributed by atoms with van der Waals surface area (Å²) in [5, 5.41) is 10.4. The van der Waals surface area contributed by atoms with Crippen molar-refractivity contribution in [2.75, 3.05) is 19.7 Å². The van der Waals surface area contributed by atoms with Gasteiger partial charge in [0.15, 0.2) is 0 Å². The molecule has 2 aliphatic rings. The van der Waals surface area contributed by atoms with Crippen LogP contribution in [0.1, 0.15) is 52.6 Å². The zero-order valence-electron chi connectivity index (χ0n) is 23.7. The van der Waals surface area contributed by atoms with Crippen LogP contribution in [0.5, 0.6) is 5.88 Å². The number of ether oxygens (including phenoxy) is 2. The number of benzene rings is 2. The average Bonchev–Trinajstić information content (AvgIpc) is 3.33. The minimum atomic E-state index is -0.941. The molecule has 0 radical (unpaired) electrons. The van der Waals surface area contributed by atoms with Crippen molar-refractivity contribution in [1.29, 1.82) is 0 Å². The Balaban J connectivity index is 1.01. The number of nitrogens with zero attached hydrogens (tertiary/aromatic N) is 5. The van der Waals surface area contributed by atoms with E-state index in [9.17, 15) is 14.3 Å².